The van der Waals surface area contributed by atoms with Crippen LogP contribution >= 0.6 is 0 Å². The molecule has 2 N–H and O–H groups in total. The lowest BCUT2D eigenvalue weighted by Gasteiger charge is -2.43. The minimum atomic E-state index is -1.17. The molecule has 1 aliphatic heterocycles. The Balaban J connectivity index is 1.32. The third kappa shape index (κ3) is 6.19. The first-order valence-corrected chi connectivity index (χ1v) is 13.7. The Morgan fingerprint density at radius 3 is 2.50 bits per heavy atom. The largest absolute Gasteiger partial charge is 0.355 e. The third-order valence-electron chi connectivity index (χ3n) is 7.87. The van der Waals surface area contributed by atoms with E-state index in [2.05, 4.69) is 25.7 Å². The summed E-state index contributed by atoms with van der Waals surface area (Å²) in [4.78, 5) is 33.4. The van der Waals surface area contributed by atoms with Crippen LogP contribution in [0, 0.1) is 23.4 Å². The molecule has 0 radical (unpaired) electrons. The maximum absolute atomic E-state index is 14.2. The van der Waals surface area contributed by atoms with E-state index in [0.29, 0.717) is 31.1 Å². The number of nitrogens with zero attached hydrogens (tertiary/aromatic N) is 3. The summed E-state index contributed by atoms with van der Waals surface area (Å²) in [7, 11) is 0. The SMILES string of the molecule is C[C@@H](NC(=O)C1CN(C2CCCCC2)CCC1NC(=O)c1cc(-c2c(F)cc(F)cc2F)on1)c1ccccn1. The molecule has 3 heterocycles. The second-order valence-corrected chi connectivity index (χ2v) is 10.6. The van der Waals surface area contributed by atoms with Crippen LogP contribution in [0.5, 0.6) is 0 Å². The summed E-state index contributed by atoms with van der Waals surface area (Å²) in [5, 5.41) is 9.62. The summed E-state index contributed by atoms with van der Waals surface area (Å²) in [5.74, 6) is -5.12. The van der Waals surface area contributed by atoms with Crippen LogP contribution in [0.4, 0.5) is 13.2 Å². The maximum Gasteiger partial charge on any atom is 0.273 e. The fraction of sp³-hybridized carbons (Fsp3) is 0.448. The van der Waals surface area contributed by atoms with Gasteiger partial charge in [-0.1, -0.05) is 30.5 Å². The van der Waals surface area contributed by atoms with Crippen molar-refractivity contribution in [2.45, 2.75) is 63.6 Å². The molecule has 1 aliphatic carbocycles. The van der Waals surface area contributed by atoms with Crippen LogP contribution in [0.1, 0.15) is 67.7 Å². The number of benzene rings is 1. The molecule has 0 spiro atoms. The summed E-state index contributed by atoms with van der Waals surface area (Å²) in [5.41, 5.74) is -0.0879. The zero-order chi connectivity index (χ0) is 28.2. The molecular formula is C29H32F3N5O3. The van der Waals surface area contributed by atoms with Crippen molar-refractivity contribution in [1.29, 1.82) is 0 Å². The highest BCUT2D eigenvalue weighted by molar-refractivity contribution is 5.94. The monoisotopic (exact) mass is 555 g/mol. The Morgan fingerprint density at radius 1 is 1.05 bits per heavy atom. The fourth-order valence-corrected chi connectivity index (χ4v) is 5.74. The van der Waals surface area contributed by atoms with Gasteiger partial charge in [0.15, 0.2) is 11.5 Å². The first kappa shape index (κ1) is 27.8. The van der Waals surface area contributed by atoms with Gasteiger partial charge in [-0.05, 0) is 38.3 Å². The van der Waals surface area contributed by atoms with Crippen molar-refractivity contribution < 1.29 is 27.3 Å². The molecule has 2 amide bonds. The van der Waals surface area contributed by atoms with Crippen LogP contribution in [-0.4, -0.2) is 52.0 Å². The molecule has 3 atom stereocenters. The van der Waals surface area contributed by atoms with Gasteiger partial charge in [0.25, 0.3) is 5.91 Å². The summed E-state index contributed by atoms with van der Waals surface area (Å²) < 4.78 is 46.8. The molecule has 2 unspecified atom stereocenters. The molecule has 1 saturated carbocycles. The number of aromatic nitrogens is 2. The van der Waals surface area contributed by atoms with E-state index in [1.807, 2.05) is 19.1 Å². The van der Waals surface area contributed by atoms with E-state index in [-0.39, 0.29) is 23.4 Å². The van der Waals surface area contributed by atoms with Gasteiger partial charge >= 0.3 is 0 Å². The Morgan fingerprint density at radius 2 is 1.80 bits per heavy atom. The molecule has 5 rings (SSSR count). The van der Waals surface area contributed by atoms with E-state index in [9.17, 15) is 22.8 Å². The zero-order valence-electron chi connectivity index (χ0n) is 22.2. The zero-order valence-corrected chi connectivity index (χ0v) is 22.2. The molecule has 40 heavy (non-hydrogen) atoms. The van der Waals surface area contributed by atoms with Gasteiger partial charge in [0.1, 0.15) is 17.5 Å². The number of halogens is 3. The van der Waals surface area contributed by atoms with Gasteiger partial charge in [0.05, 0.1) is 23.2 Å². The van der Waals surface area contributed by atoms with Gasteiger partial charge in [-0.25, -0.2) is 13.2 Å². The molecule has 2 aliphatic rings. The summed E-state index contributed by atoms with van der Waals surface area (Å²) in [6.07, 6.45) is 7.95. The highest BCUT2D eigenvalue weighted by Crippen LogP contribution is 2.30. The van der Waals surface area contributed by atoms with Crippen molar-refractivity contribution in [3.8, 4) is 11.3 Å². The van der Waals surface area contributed by atoms with Gasteiger partial charge in [0, 0.05) is 49.6 Å². The molecule has 212 valence electrons. The molecule has 0 bridgehead atoms. The second kappa shape index (κ2) is 12.2. The fourth-order valence-electron chi connectivity index (χ4n) is 5.74. The average molecular weight is 556 g/mol. The predicted molar refractivity (Wildman–Crippen MR) is 140 cm³/mol. The van der Waals surface area contributed by atoms with E-state index in [4.69, 9.17) is 4.52 Å². The van der Waals surface area contributed by atoms with Crippen molar-refractivity contribution in [2.75, 3.05) is 13.1 Å². The number of carbonyl (C=O) groups is 2. The summed E-state index contributed by atoms with van der Waals surface area (Å²) in [6, 6.07) is 7.24. The van der Waals surface area contributed by atoms with Gasteiger partial charge in [0.2, 0.25) is 5.91 Å². The molecule has 2 aromatic heterocycles. The van der Waals surface area contributed by atoms with Crippen LogP contribution in [0.25, 0.3) is 11.3 Å². The quantitative estimate of drug-likeness (QED) is 0.435. The van der Waals surface area contributed by atoms with Crippen molar-refractivity contribution in [2.24, 2.45) is 5.92 Å². The lowest BCUT2D eigenvalue weighted by atomic mass is 9.86. The van der Waals surface area contributed by atoms with Crippen molar-refractivity contribution in [1.82, 2.24) is 25.7 Å². The van der Waals surface area contributed by atoms with Gasteiger partial charge in [-0.15, -0.1) is 0 Å². The smallest absolute Gasteiger partial charge is 0.273 e. The molecule has 1 aromatic carbocycles. The predicted octanol–water partition coefficient (Wildman–Crippen LogP) is 4.78. The minimum absolute atomic E-state index is 0.194. The minimum Gasteiger partial charge on any atom is -0.355 e. The Labute approximate surface area is 230 Å². The van der Waals surface area contributed by atoms with Crippen LogP contribution in [-0.2, 0) is 4.79 Å². The second-order valence-electron chi connectivity index (χ2n) is 10.6. The van der Waals surface area contributed by atoms with Gasteiger partial charge < -0.3 is 15.2 Å². The maximum atomic E-state index is 14.2. The number of piperidine rings is 1. The van der Waals surface area contributed by atoms with E-state index in [0.717, 1.165) is 31.1 Å². The molecule has 11 heteroatoms. The number of likely N-dealkylation sites (tertiary alicyclic amines) is 1. The first-order chi connectivity index (χ1) is 19.3. The standard InChI is InChI=1S/C29H32F3N5O3/c1-17(23-9-5-6-11-33-23)34-28(38)20-16-37(19-7-3-2-4-8-19)12-10-24(20)35-29(39)25-15-26(40-36-25)27-21(31)13-18(30)14-22(27)32/h5-6,9,11,13-15,17,19-20,24H,2-4,7-8,10,12,16H2,1H3,(H,34,38)(H,35,39)/t17-,20?,24?/m1/s1. The van der Waals surface area contributed by atoms with E-state index < -0.39 is 40.9 Å². The highest BCUT2D eigenvalue weighted by Gasteiger charge is 2.38. The Hall–Kier alpha value is -3.73. The summed E-state index contributed by atoms with van der Waals surface area (Å²) >= 11 is 0. The molecule has 1 saturated heterocycles. The highest BCUT2D eigenvalue weighted by atomic mass is 19.1. The van der Waals surface area contributed by atoms with Gasteiger partial charge in [-0.3, -0.25) is 19.5 Å². The van der Waals surface area contributed by atoms with Crippen LogP contribution in [0.15, 0.2) is 47.1 Å². The number of rotatable bonds is 7. The number of hydrogen-bond donors (Lipinski definition) is 2. The molecule has 2 fully saturated rings. The number of amides is 2. The van der Waals surface area contributed by atoms with E-state index in [1.165, 1.54) is 19.3 Å². The summed E-state index contributed by atoms with van der Waals surface area (Å²) in [6.45, 7) is 3.08. The van der Waals surface area contributed by atoms with Crippen molar-refractivity contribution in [3.05, 3.63) is 71.4 Å². The number of nitrogens with one attached hydrogen (secondary N) is 2. The third-order valence-corrected chi connectivity index (χ3v) is 7.87. The van der Waals surface area contributed by atoms with Crippen LogP contribution < -0.4 is 10.6 Å². The normalized spacial score (nSPS) is 21.1. The van der Waals surface area contributed by atoms with Crippen LogP contribution in [0.2, 0.25) is 0 Å². The lowest BCUT2D eigenvalue weighted by Crippen LogP contribution is -2.58. The Kier molecular flexibility index (Phi) is 8.49. The van der Waals surface area contributed by atoms with Gasteiger partial charge in [-0.2, -0.15) is 0 Å². The molecular weight excluding hydrogens is 523 g/mol. The molecule has 3 aromatic rings. The van der Waals surface area contributed by atoms with Crippen molar-refractivity contribution in [3.63, 3.8) is 0 Å². The lowest BCUT2D eigenvalue weighted by molar-refractivity contribution is -0.128. The first-order valence-electron chi connectivity index (χ1n) is 13.7. The number of pyridine rings is 1. The van der Waals surface area contributed by atoms with Crippen molar-refractivity contribution >= 4 is 11.8 Å². The van der Waals surface area contributed by atoms with E-state index >= 15 is 0 Å². The van der Waals surface area contributed by atoms with E-state index in [1.54, 1.807) is 12.3 Å². The number of hydrogen-bond acceptors (Lipinski definition) is 6. The average Bonchev–Trinajstić information content (AvgIpc) is 3.43. The topological polar surface area (TPSA) is 100 Å². The van der Waals surface area contributed by atoms with Crippen LogP contribution in [0.3, 0.4) is 0 Å². The number of carbonyl (C=O) groups excluding carboxylic acids is 2. The Bertz CT molecular complexity index is 1320. The molecule has 8 nitrogen and oxygen atoms in total.